The number of carbonyl (C=O) groups excluding carboxylic acids is 1. The Bertz CT molecular complexity index is 543. The van der Waals surface area contributed by atoms with Gasteiger partial charge in [-0.25, -0.2) is 8.78 Å². The summed E-state index contributed by atoms with van der Waals surface area (Å²) >= 11 is 0. The number of carbonyl (C=O) groups is 1. The molecule has 0 saturated heterocycles. The monoisotopic (exact) mass is 247 g/mol. The summed E-state index contributed by atoms with van der Waals surface area (Å²) in [7, 11) is 0. The van der Waals surface area contributed by atoms with Gasteiger partial charge in [0.15, 0.2) is 11.6 Å². The van der Waals surface area contributed by atoms with Crippen molar-refractivity contribution in [3.63, 3.8) is 0 Å². The molecule has 0 N–H and O–H groups in total. The van der Waals surface area contributed by atoms with E-state index in [9.17, 15) is 13.6 Å². The molecule has 2 nitrogen and oxygen atoms in total. The number of nitrogens with zero attached hydrogens (tertiary/aromatic N) is 1. The van der Waals surface area contributed by atoms with Crippen LogP contribution >= 0.6 is 0 Å². The van der Waals surface area contributed by atoms with Gasteiger partial charge in [-0.2, -0.15) is 0 Å². The van der Waals surface area contributed by atoms with Gasteiger partial charge in [-0.15, -0.1) is 0 Å². The maximum atomic E-state index is 13.1. The summed E-state index contributed by atoms with van der Waals surface area (Å²) in [4.78, 5) is 15.1. The Labute approximate surface area is 103 Å². The summed E-state index contributed by atoms with van der Waals surface area (Å²) in [6.45, 7) is 0. The number of benzene rings is 1. The molecule has 2 rings (SSSR count). The van der Waals surface area contributed by atoms with Gasteiger partial charge in [0, 0.05) is 6.20 Å². The van der Waals surface area contributed by atoms with Crippen LogP contribution in [0.4, 0.5) is 8.78 Å². The number of hydrogen-bond acceptors (Lipinski definition) is 2. The first-order valence-corrected chi connectivity index (χ1v) is 5.51. The second-order valence-corrected chi connectivity index (χ2v) is 3.95. The second kappa shape index (κ2) is 5.49. The lowest BCUT2D eigenvalue weighted by Crippen LogP contribution is -2.06. The minimum absolute atomic E-state index is 0.303. The fourth-order valence-corrected chi connectivity index (χ4v) is 1.74. The zero-order chi connectivity index (χ0) is 13.0. The van der Waals surface area contributed by atoms with Gasteiger partial charge in [-0.05, 0) is 36.2 Å². The molecular weight excluding hydrogens is 236 g/mol. The molecule has 0 aliphatic heterocycles. The van der Waals surface area contributed by atoms with Crippen LogP contribution in [0.15, 0.2) is 42.6 Å². The third kappa shape index (κ3) is 2.77. The molecule has 0 aliphatic rings. The summed E-state index contributed by atoms with van der Waals surface area (Å²) in [5, 5.41) is 0. The van der Waals surface area contributed by atoms with Crippen molar-refractivity contribution in [2.75, 3.05) is 0 Å². The van der Waals surface area contributed by atoms with E-state index in [1.165, 1.54) is 6.07 Å². The van der Waals surface area contributed by atoms with Gasteiger partial charge in [0.25, 0.3) is 0 Å². The Morgan fingerprint density at radius 1 is 1.17 bits per heavy atom. The SMILES string of the molecule is O=CC(Cc1ccc(F)c(F)c1)c1ccccn1. The second-order valence-electron chi connectivity index (χ2n) is 3.95. The number of aldehydes is 1. The molecule has 0 aliphatic carbocycles. The minimum atomic E-state index is -0.904. The molecule has 0 bridgehead atoms. The number of aromatic nitrogens is 1. The number of rotatable bonds is 4. The summed E-state index contributed by atoms with van der Waals surface area (Å²) in [5.74, 6) is -2.24. The fraction of sp³-hybridized carbons (Fsp3) is 0.143. The Morgan fingerprint density at radius 3 is 2.61 bits per heavy atom. The smallest absolute Gasteiger partial charge is 0.159 e. The van der Waals surface area contributed by atoms with Crippen molar-refractivity contribution in [1.29, 1.82) is 0 Å². The van der Waals surface area contributed by atoms with E-state index in [1.807, 2.05) is 0 Å². The van der Waals surface area contributed by atoms with Crippen molar-refractivity contribution >= 4 is 6.29 Å². The first kappa shape index (κ1) is 12.4. The summed E-state index contributed by atoms with van der Waals surface area (Å²) in [5.41, 5.74) is 1.19. The molecule has 92 valence electrons. The Kier molecular flexibility index (Phi) is 3.77. The highest BCUT2D eigenvalue weighted by Gasteiger charge is 2.13. The molecule has 1 aromatic heterocycles. The van der Waals surface area contributed by atoms with Crippen LogP contribution in [0.5, 0.6) is 0 Å². The van der Waals surface area contributed by atoms with Crippen LogP contribution < -0.4 is 0 Å². The van der Waals surface area contributed by atoms with E-state index in [0.717, 1.165) is 18.4 Å². The average Bonchev–Trinajstić information content (AvgIpc) is 2.41. The van der Waals surface area contributed by atoms with Crippen molar-refractivity contribution in [2.24, 2.45) is 0 Å². The van der Waals surface area contributed by atoms with E-state index in [0.29, 0.717) is 17.7 Å². The summed E-state index contributed by atoms with van der Waals surface area (Å²) in [6, 6.07) is 8.91. The molecular formula is C14H11F2NO. The third-order valence-corrected chi connectivity index (χ3v) is 2.67. The van der Waals surface area contributed by atoms with Crippen molar-refractivity contribution in [3.05, 3.63) is 65.5 Å². The lowest BCUT2D eigenvalue weighted by Gasteiger charge is -2.09. The Hall–Kier alpha value is -2.10. The van der Waals surface area contributed by atoms with E-state index < -0.39 is 17.6 Å². The highest BCUT2D eigenvalue weighted by Crippen LogP contribution is 2.18. The fourth-order valence-electron chi connectivity index (χ4n) is 1.74. The molecule has 1 unspecified atom stereocenters. The molecule has 0 spiro atoms. The van der Waals surface area contributed by atoms with E-state index in [4.69, 9.17) is 0 Å². The molecule has 0 amide bonds. The van der Waals surface area contributed by atoms with Crippen molar-refractivity contribution < 1.29 is 13.6 Å². The van der Waals surface area contributed by atoms with Crippen LogP contribution in [-0.2, 0) is 11.2 Å². The van der Waals surface area contributed by atoms with E-state index in [2.05, 4.69) is 4.98 Å². The molecule has 1 aromatic carbocycles. The van der Waals surface area contributed by atoms with Crippen LogP contribution in [0, 0.1) is 11.6 Å². The lowest BCUT2D eigenvalue weighted by atomic mass is 9.97. The van der Waals surface area contributed by atoms with Gasteiger partial charge in [0.2, 0.25) is 0 Å². The van der Waals surface area contributed by atoms with Crippen molar-refractivity contribution in [2.45, 2.75) is 12.3 Å². The standard InChI is InChI=1S/C14H11F2NO/c15-12-5-4-10(8-13(12)16)7-11(9-18)14-3-1-2-6-17-14/h1-6,8-9,11H,7H2. The predicted molar refractivity (Wildman–Crippen MR) is 63.1 cm³/mol. The first-order chi connectivity index (χ1) is 8.70. The zero-order valence-electron chi connectivity index (χ0n) is 9.51. The third-order valence-electron chi connectivity index (χ3n) is 2.67. The van der Waals surface area contributed by atoms with Gasteiger partial charge in [0.05, 0.1) is 11.6 Å². The maximum absolute atomic E-state index is 13.1. The maximum Gasteiger partial charge on any atom is 0.159 e. The summed E-state index contributed by atoms with van der Waals surface area (Å²) in [6.07, 6.45) is 2.67. The van der Waals surface area contributed by atoms with Gasteiger partial charge in [-0.1, -0.05) is 12.1 Å². The molecule has 4 heteroatoms. The predicted octanol–water partition coefficient (Wildman–Crippen LogP) is 2.89. The van der Waals surface area contributed by atoms with Crippen molar-refractivity contribution in [1.82, 2.24) is 4.98 Å². The molecule has 1 atom stereocenters. The molecule has 0 saturated carbocycles. The van der Waals surface area contributed by atoms with Crippen LogP contribution in [0.2, 0.25) is 0 Å². The zero-order valence-corrected chi connectivity index (χ0v) is 9.51. The van der Waals surface area contributed by atoms with Crippen LogP contribution in [0.3, 0.4) is 0 Å². The van der Waals surface area contributed by atoms with E-state index in [1.54, 1.807) is 24.4 Å². The first-order valence-electron chi connectivity index (χ1n) is 5.51. The van der Waals surface area contributed by atoms with Crippen LogP contribution in [0.25, 0.3) is 0 Å². The molecule has 18 heavy (non-hydrogen) atoms. The Morgan fingerprint density at radius 2 is 2.00 bits per heavy atom. The van der Waals surface area contributed by atoms with Gasteiger partial charge in [0.1, 0.15) is 6.29 Å². The number of hydrogen-bond donors (Lipinski definition) is 0. The van der Waals surface area contributed by atoms with Crippen LogP contribution in [0.1, 0.15) is 17.2 Å². The lowest BCUT2D eigenvalue weighted by molar-refractivity contribution is -0.109. The number of pyridine rings is 1. The molecule has 0 radical (unpaired) electrons. The van der Waals surface area contributed by atoms with Crippen molar-refractivity contribution in [3.8, 4) is 0 Å². The molecule has 1 heterocycles. The normalized spacial score (nSPS) is 12.1. The van der Waals surface area contributed by atoms with Crippen LogP contribution in [-0.4, -0.2) is 11.3 Å². The van der Waals surface area contributed by atoms with Gasteiger partial charge < -0.3 is 4.79 Å². The topological polar surface area (TPSA) is 30.0 Å². The largest absolute Gasteiger partial charge is 0.303 e. The average molecular weight is 247 g/mol. The Balaban J connectivity index is 2.21. The quantitative estimate of drug-likeness (QED) is 0.777. The molecule has 2 aromatic rings. The summed E-state index contributed by atoms with van der Waals surface area (Å²) < 4.78 is 25.8. The van der Waals surface area contributed by atoms with Gasteiger partial charge >= 0.3 is 0 Å². The molecule has 0 fully saturated rings. The highest BCUT2D eigenvalue weighted by atomic mass is 19.2. The highest BCUT2D eigenvalue weighted by molar-refractivity contribution is 5.61. The minimum Gasteiger partial charge on any atom is -0.303 e. The van der Waals surface area contributed by atoms with Gasteiger partial charge in [-0.3, -0.25) is 4.98 Å². The number of halogens is 2. The van der Waals surface area contributed by atoms with E-state index in [-0.39, 0.29) is 0 Å². The van der Waals surface area contributed by atoms with E-state index >= 15 is 0 Å².